The Balaban J connectivity index is 1.58. The van der Waals surface area contributed by atoms with Crippen molar-refractivity contribution in [3.05, 3.63) is 71.5 Å². The fraction of sp³-hybridized carbons (Fsp3) is 0.333. The van der Waals surface area contributed by atoms with E-state index in [1.165, 1.54) is 0 Å². The molecular formula is C21H22N2O5. The standard InChI is InChI=1S/C21H22N2O5/c24-11-17-18(25)19(26)20(27)21(28-17)13-5-3-4-12(8-13)9-14-10-22-15-6-1-2-7-16(15)23-14/h1-8,10,17-21,24-27H,9,11H2/t17-,18-,19+,20-,21+/m1/s1. The summed E-state index contributed by atoms with van der Waals surface area (Å²) < 4.78 is 5.64. The predicted molar refractivity (Wildman–Crippen MR) is 102 cm³/mol. The molecule has 0 radical (unpaired) electrons. The second-order valence-electron chi connectivity index (χ2n) is 7.02. The van der Waals surface area contributed by atoms with Crippen molar-refractivity contribution >= 4 is 11.0 Å². The van der Waals surface area contributed by atoms with E-state index >= 15 is 0 Å². The molecule has 1 aliphatic heterocycles. The van der Waals surface area contributed by atoms with Crippen molar-refractivity contribution in [2.24, 2.45) is 0 Å². The Labute approximate surface area is 161 Å². The molecule has 0 saturated carbocycles. The highest BCUT2D eigenvalue weighted by molar-refractivity contribution is 5.73. The van der Waals surface area contributed by atoms with Gasteiger partial charge in [0.25, 0.3) is 0 Å². The van der Waals surface area contributed by atoms with Crippen LogP contribution in [0.5, 0.6) is 0 Å². The number of hydrogen-bond donors (Lipinski definition) is 4. The van der Waals surface area contributed by atoms with Crippen molar-refractivity contribution in [1.29, 1.82) is 0 Å². The molecule has 2 heterocycles. The van der Waals surface area contributed by atoms with Crippen LogP contribution in [-0.2, 0) is 11.2 Å². The first-order valence-corrected chi connectivity index (χ1v) is 9.17. The van der Waals surface area contributed by atoms with Gasteiger partial charge in [0.2, 0.25) is 0 Å². The lowest BCUT2D eigenvalue weighted by atomic mass is 9.90. The minimum absolute atomic E-state index is 0.451. The molecule has 0 spiro atoms. The van der Waals surface area contributed by atoms with Gasteiger partial charge in [0.05, 0.1) is 23.3 Å². The normalized spacial score (nSPS) is 27.8. The first-order valence-electron chi connectivity index (χ1n) is 9.17. The predicted octanol–water partition coefficient (Wildman–Crippen LogP) is 0.735. The second-order valence-corrected chi connectivity index (χ2v) is 7.02. The number of aliphatic hydroxyl groups excluding tert-OH is 4. The molecular weight excluding hydrogens is 360 g/mol. The molecule has 3 aromatic rings. The van der Waals surface area contributed by atoms with E-state index in [0.29, 0.717) is 12.0 Å². The number of aliphatic hydroxyl groups is 4. The van der Waals surface area contributed by atoms with E-state index in [1.807, 2.05) is 42.5 Å². The summed E-state index contributed by atoms with van der Waals surface area (Å²) in [6.07, 6.45) is -3.56. The van der Waals surface area contributed by atoms with Crippen LogP contribution in [0.1, 0.15) is 22.9 Å². The van der Waals surface area contributed by atoms with Gasteiger partial charge in [0, 0.05) is 12.6 Å². The third kappa shape index (κ3) is 3.63. The van der Waals surface area contributed by atoms with Crippen molar-refractivity contribution in [3.8, 4) is 0 Å². The average molecular weight is 382 g/mol. The summed E-state index contributed by atoms with van der Waals surface area (Å²) in [5, 5.41) is 39.7. The Morgan fingerprint density at radius 2 is 1.68 bits per heavy atom. The molecule has 2 aromatic carbocycles. The lowest BCUT2D eigenvalue weighted by Gasteiger charge is -2.40. The number of para-hydroxylation sites is 2. The van der Waals surface area contributed by atoms with E-state index < -0.39 is 37.1 Å². The lowest BCUT2D eigenvalue weighted by Crippen LogP contribution is -2.55. The zero-order chi connectivity index (χ0) is 19.7. The third-order valence-corrected chi connectivity index (χ3v) is 5.06. The van der Waals surface area contributed by atoms with Gasteiger partial charge in [-0.25, -0.2) is 4.98 Å². The number of fused-ring (bicyclic) bond motifs is 1. The molecule has 28 heavy (non-hydrogen) atoms. The number of rotatable bonds is 4. The molecule has 1 fully saturated rings. The Kier molecular flexibility index (Phi) is 5.34. The first-order chi connectivity index (χ1) is 13.6. The summed E-state index contributed by atoms with van der Waals surface area (Å²) in [6, 6.07) is 15.1. The Morgan fingerprint density at radius 1 is 0.893 bits per heavy atom. The molecule has 0 unspecified atom stereocenters. The number of benzene rings is 2. The molecule has 7 heteroatoms. The number of nitrogens with zero attached hydrogens (tertiary/aromatic N) is 2. The van der Waals surface area contributed by atoms with Gasteiger partial charge >= 0.3 is 0 Å². The maximum Gasteiger partial charge on any atom is 0.113 e. The van der Waals surface area contributed by atoms with Crippen molar-refractivity contribution in [1.82, 2.24) is 9.97 Å². The first kappa shape index (κ1) is 18.9. The van der Waals surface area contributed by atoms with E-state index in [0.717, 1.165) is 22.3 Å². The Hall–Kier alpha value is -2.42. The highest BCUT2D eigenvalue weighted by Gasteiger charge is 2.43. The van der Waals surface area contributed by atoms with Crippen LogP contribution in [0, 0.1) is 0 Å². The summed E-state index contributed by atoms with van der Waals surface area (Å²) in [4.78, 5) is 9.05. The van der Waals surface area contributed by atoms with Gasteiger partial charge in [-0.05, 0) is 23.3 Å². The monoisotopic (exact) mass is 382 g/mol. The summed E-state index contributed by atoms with van der Waals surface area (Å²) in [7, 11) is 0. The maximum absolute atomic E-state index is 10.3. The molecule has 0 bridgehead atoms. The maximum atomic E-state index is 10.3. The van der Waals surface area contributed by atoms with Crippen LogP contribution < -0.4 is 0 Å². The van der Waals surface area contributed by atoms with Crippen LogP contribution in [-0.4, -0.2) is 61.4 Å². The van der Waals surface area contributed by atoms with Crippen molar-refractivity contribution in [3.63, 3.8) is 0 Å². The van der Waals surface area contributed by atoms with Crippen molar-refractivity contribution in [2.75, 3.05) is 6.61 Å². The van der Waals surface area contributed by atoms with Gasteiger partial charge < -0.3 is 25.2 Å². The van der Waals surface area contributed by atoms with Crippen LogP contribution in [0.15, 0.2) is 54.7 Å². The van der Waals surface area contributed by atoms with E-state index in [-0.39, 0.29) is 0 Å². The molecule has 7 nitrogen and oxygen atoms in total. The molecule has 5 atom stereocenters. The number of ether oxygens (including phenoxy) is 1. The lowest BCUT2D eigenvalue weighted by molar-refractivity contribution is -0.231. The fourth-order valence-corrected chi connectivity index (χ4v) is 3.55. The smallest absolute Gasteiger partial charge is 0.113 e. The van der Waals surface area contributed by atoms with Crippen LogP contribution in [0.25, 0.3) is 11.0 Å². The average Bonchev–Trinajstić information content (AvgIpc) is 2.72. The van der Waals surface area contributed by atoms with E-state index in [1.54, 1.807) is 12.3 Å². The van der Waals surface area contributed by atoms with Crippen LogP contribution in [0.4, 0.5) is 0 Å². The summed E-state index contributed by atoms with van der Waals surface area (Å²) in [5.74, 6) is 0. The Morgan fingerprint density at radius 3 is 2.46 bits per heavy atom. The molecule has 1 saturated heterocycles. The third-order valence-electron chi connectivity index (χ3n) is 5.06. The quantitative estimate of drug-likeness (QED) is 0.526. The zero-order valence-electron chi connectivity index (χ0n) is 15.1. The van der Waals surface area contributed by atoms with Crippen molar-refractivity contribution in [2.45, 2.75) is 36.9 Å². The van der Waals surface area contributed by atoms with Gasteiger partial charge in [-0.15, -0.1) is 0 Å². The fourth-order valence-electron chi connectivity index (χ4n) is 3.55. The van der Waals surface area contributed by atoms with Gasteiger partial charge in [-0.2, -0.15) is 0 Å². The molecule has 0 aliphatic carbocycles. The number of aromatic nitrogens is 2. The van der Waals surface area contributed by atoms with Crippen LogP contribution in [0.2, 0.25) is 0 Å². The van der Waals surface area contributed by atoms with Gasteiger partial charge in [-0.3, -0.25) is 4.98 Å². The summed E-state index contributed by atoms with van der Waals surface area (Å²) >= 11 is 0. The van der Waals surface area contributed by atoms with Crippen LogP contribution in [0.3, 0.4) is 0 Å². The van der Waals surface area contributed by atoms with Gasteiger partial charge in [0.1, 0.15) is 30.5 Å². The Bertz CT molecular complexity index is 964. The molecule has 4 N–H and O–H groups in total. The summed E-state index contributed by atoms with van der Waals surface area (Å²) in [5.41, 5.74) is 4.07. The van der Waals surface area contributed by atoms with E-state index in [4.69, 9.17) is 4.74 Å². The van der Waals surface area contributed by atoms with E-state index in [2.05, 4.69) is 9.97 Å². The largest absolute Gasteiger partial charge is 0.394 e. The topological polar surface area (TPSA) is 116 Å². The SMILES string of the molecule is OC[C@H]1O[C@@H](c2cccc(Cc3cnc4ccccc4n3)c2)[C@H](O)[C@@H](O)[C@@H]1O. The highest BCUT2D eigenvalue weighted by Crippen LogP contribution is 2.32. The van der Waals surface area contributed by atoms with Gasteiger partial charge in [-0.1, -0.05) is 36.4 Å². The zero-order valence-corrected chi connectivity index (χ0v) is 15.1. The van der Waals surface area contributed by atoms with E-state index in [9.17, 15) is 20.4 Å². The molecule has 1 aliphatic rings. The second kappa shape index (κ2) is 7.90. The number of hydrogen-bond acceptors (Lipinski definition) is 7. The summed E-state index contributed by atoms with van der Waals surface area (Å²) in [6.45, 7) is -0.451. The minimum Gasteiger partial charge on any atom is -0.394 e. The molecule has 0 amide bonds. The molecule has 4 rings (SSSR count). The van der Waals surface area contributed by atoms with Crippen LogP contribution >= 0.6 is 0 Å². The van der Waals surface area contributed by atoms with Crippen molar-refractivity contribution < 1.29 is 25.2 Å². The minimum atomic E-state index is -1.40. The highest BCUT2D eigenvalue weighted by atomic mass is 16.5. The molecule has 146 valence electrons. The molecule has 1 aromatic heterocycles. The van der Waals surface area contributed by atoms with Gasteiger partial charge in [0.15, 0.2) is 0 Å².